The van der Waals surface area contributed by atoms with Gasteiger partial charge in [-0.1, -0.05) is 12.1 Å². The Morgan fingerprint density at radius 1 is 0.833 bits per heavy atom. The molecule has 0 aromatic heterocycles. The largest absolute Gasteiger partial charge is 0.497 e. The third-order valence-electron chi connectivity index (χ3n) is 2.58. The van der Waals surface area contributed by atoms with Gasteiger partial charge in [0.05, 0.1) is 14.2 Å². The summed E-state index contributed by atoms with van der Waals surface area (Å²) >= 11 is 0. The van der Waals surface area contributed by atoms with Crippen LogP contribution in [0.4, 0.5) is 0 Å². The normalized spacial score (nSPS) is 9.89. The van der Waals surface area contributed by atoms with E-state index in [-0.39, 0.29) is 0 Å². The van der Waals surface area contributed by atoms with Gasteiger partial charge < -0.3 is 9.47 Å². The summed E-state index contributed by atoms with van der Waals surface area (Å²) in [5, 5.41) is 1.50. The minimum Gasteiger partial charge on any atom is -0.497 e. The van der Waals surface area contributed by atoms with E-state index in [0.29, 0.717) is 11.5 Å². The van der Waals surface area contributed by atoms with Crippen molar-refractivity contribution in [2.45, 2.75) is 0 Å². The Labute approximate surface area is 107 Å². The number of ether oxygens (including phenoxy) is 2. The van der Waals surface area contributed by atoms with Crippen molar-refractivity contribution in [1.82, 2.24) is 0 Å². The van der Waals surface area contributed by atoms with Gasteiger partial charge in [-0.3, -0.25) is 4.57 Å². The molecule has 4 heteroatoms. The van der Waals surface area contributed by atoms with E-state index in [1.807, 2.05) is 36.4 Å². The molecule has 2 rings (SSSR count). The summed E-state index contributed by atoms with van der Waals surface area (Å²) in [6.07, 6.45) is 0. The fourth-order valence-corrected chi connectivity index (χ4v) is 2.85. The van der Waals surface area contributed by atoms with Crippen molar-refractivity contribution < 1.29 is 14.0 Å². The maximum absolute atomic E-state index is 12.4. The van der Waals surface area contributed by atoms with Crippen molar-refractivity contribution >= 4 is 18.4 Å². The zero-order valence-electron chi connectivity index (χ0n) is 10.3. The lowest BCUT2D eigenvalue weighted by Gasteiger charge is -2.06. The van der Waals surface area contributed by atoms with Crippen LogP contribution in [0.25, 0.3) is 0 Å². The molecule has 93 valence electrons. The first-order valence-corrected chi connectivity index (χ1v) is 6.76. The number of hydrogen-bond donors (Lipinski definition) is 0. The molecule has 2 aromatic rings. The molecule has 3 nitrogen and oxygen atoms in total. The van der Waals surface area contributed by atoms with Gasteiger partial charge in [-0.15, -0.1) is 0 Å². The third kappa shape index (κ3) is 2.69. The van der Waals surface area contributed by atoms with Gasteiger partial charge in [0.25, 0.3) is 0 Å². The van der Waals surface area contributed by atoms with Crippen molar-refractivity contribution in [1.29, 1.82) is 0 Å². The number of rotatable bonds is 4. The Morgan fingerprint density at radius 2 is 1.28 bits per heavy atom. The Kier molecular flexibility index (Phi) is 3.96. The van der Waals surface area contributed by atoms with Crippen LogP contribution in [0.3, 0.4) is 0 Å². The van der Waals surface area contributed by atoms with Crippen molar-refractivity contribution in [2.75, 3.05) is 14.2 Å². The number of methoxy groups -OCH3 is 2. The first-order chi connectivity index (χ1) is 8.74. The van der Waals surface area contributed by atoms with E-state index < -0.39 is 7.80 Å². The van der Waals surface area contributed by atoms with Crippen LogP contribution < -0.4 is 20.1 Å². The van der Waals surface area contributed by atoms with Crippen molar-refractivity contribution in [3.8, 4) is 11.5 Å². The quantitative estimate of drug-likeness (QED) is 0.793. The first kappa shape index (κ1) is 12.6. The lowest BCUT2D eigenvalue weighted by atomic mass is 10.3. The maximum Gasteiger partial charge on any atom is 0.136 e. The molecule has 1 radical (unpaired) electrons. The Balaban J connectivity index is 2.34. The highest BCUT2D eigenvalue weighted by molar-refractivity contribution is 7.61. The molecule has 0 N–H and O–H groups in total. The monoisotopic (exact) mass is 261 g/mol. The molecule has 0 aliphatic rings. The highest BCUT2D eigenvalue weighted by atomic mass is 31.1. The van der Waals surface area contributed by atoms with Gasteiger partial charge in [0.1, 0.15) is 19.3 Å². The summed E-state index contributed by atoms with van der Waals surface area (Å²) in [6.45, 7) is 0. The molecule has 0 bridgehead atoms. The fourth-order valence-electron chi connectivity index (χ4n) is 1.62. The number of benzene rings is 2. The molecule has 0 unspecified atom stereocenters. The molecule has 0 aliphatic heterocycles. The van der Waals surface area contributed by atoms with Gasteiger partial charge >= 0.3 is 0 Å². The average Bonchev–Trinajstić information content (AvgIpc) is 2.46. The average molecular weight is 261 g/mol. The van der Waals surface area contributed by atoms with Crippen LogP contribution in [0.1, 0.15) is 0 Å². The van der Waals surface area contributed by atoms with Crippen LogP contribution >= 0.6 is 7.80 Å². The minimum absolute atomic E-state index is 0.707. The minimum atomic E-state index is -1.62. The molecule has 0 fully saturated rings. The van der Waals surface area contributed by atoms with Gasteiger partial charge in [0, 0.05) is 10.6 Å². The second kappa shape index (κ2) is 5.65. The molecule has 0 spiro atoms. The highest BCUT2D eigenvalue weighted by Crippen LogP contribution is 2.23. The van der Waals surface area contributed by atoms with E-state index in [1.54, 1.807) is 26.4 Å². The van der Waals surface area contributed by atoms with E-state index in [2.05, 4.69) is 0 Å². The van der Waals surface area contributed by atoms with Crippen molar-refractivity contribution in [2.24, 2.45) is 0 Å². The van der Waals surface area contributed by atoms with E-state index in [0.717, 1.165) is 10.6 Å². The molecule has 0 atom stereocenters. The summed E-state index contributed by atoms with van der Waals surface area (Å²) in [5.74, 6) is 1.41. The molecule has 0 amide bonds. The summed E-state index contributed by atoms with van der Waals surface area (Å²) in [6, 6.07) is 14.6. The van der Waals surface area contributed by atoms with Crippen LogP contribution in [0.5, 0.6) is 11.5 Å². The predicted octanol–water partition coefficient (Wildman–Crippen LogP) is 2.48. The van der Waals surface area contributed by atoms with Crippen LogP contribution in [-0.4, -0.2) is 14.2 Å². The summed E-state index contributed by atoms with van der Waals surface area (Å²) in [4.78, 5) is 0. The van der Waals surface area contributed by atoms with Crippen LogP contribution in [0.15, 0.2) is 48.5 Å². The van der Waals surface area contributed by atoms with Crippen molar-refractivity contribution in [3.05, 3.63) is 48.5 Å². The standard InChI is InChI=1S/C14H14O3P/c1-16-11-5-3-7-13(9-11)18(15)14-8-4-6-12(10-14)17-2/h3-10H,1-2H3. The Morgan fingerprint density at radius 3 is 1.67 bits per heavy atom. The topological polar surface area (TPSA) is 35.5 Å². The van der Waals surface area contributed by atoms with Gasteiger partial charge in [0.2, 0.25) is 0 Å². The lowest BCUT2D eigenvalue weighted by Crippen LogP contribution is -2.07. The summed E-state index contributed by atoms with van der Waals surface area (Å²) < 4.78 is 22.7. The highest BCUT2D eigenvalue weighted by Gasteiger charge is 2.09. The second-order valence-corrected chi connectivity index (χ2v) is 5.32. The van der Waals surface area contributed by atoms with E-state index in [4.69, 9.17) is 9.47 Å². The van der Waals surface area contributed by atoms with Gasteiger partial charge in [-0.25, -0.2) is 0 Å². The van der Waals surface area contributed by atoms with E-state index in [9.17, 15) is 4.57 Å². The SMILES string of the molecule is COc1cccc([P](=O)c2cccc(OC)c2)c1. The Hall–Kier alpha value is -1.86. The predicted molar refractivity (Wildman–Crippen MR) is 72.9 cm³/mol. The molecule has 0 saturated heterocycles. The van der Waals surface area contributed by atoms with Gasteiger partial charge in [0.15, 0.2) is 0 Å². The molecule has 0 saturated carbocycles. The molecule has 2 aromatic carbocycles. The van der Waals surface area contributed by atoms with Crippen LogP contribution in [0.2, 0.25) is 0 Å². The van der Waals surface area contributed by atoms with Crippen molar-refractivity contribution in [3.63, 3.8) is 0 Å². The van der Waals surface area contributed by atoms with E-state index >= 15 is 0 Å². The lowest BCUT2D eigenvalue weighted by molar-refractivity contribution is 0.415. The number of hydrogen-bond acceptors (Lipinski definition) is 3. The Bertz CT molecular complexity index is 517. The zero-order chi connectivity index (χ0) is 13.0. The molecule has 0 heterocycles. The maximum atomic E-state index is 12.4. The molecule has 0 aliphatic carbocycles. The fraction of sp³-hybridized carbons (Fsp3) is 0.143. The summed E-state index contributed by atoms with van der Waals surface area (Å²) in [5.41, 5.74) is 0. The molecular formula is C14H14O3P. The van der Waals surface area contributed by atoms with Gasteiger partial charge in [-0.05, 0) is 36.4 Å². The van der Waals surface area contributed by atoms with Crippen LogP contribution in [0, 0.1) is 0 Å². The summed E-state index contributed by atoms with van der Waals surface area (Å²) in [7, 11) is 1.57. The van der Waals surface area contributed by atoms with Gasteiger partial charge in [-0.2, -0.15) is 0 Å². The third-order valence-corrected chi connectivity index (χ3v) is 4.07. The smallest absolute Gasteiger partial charge is 0.136 e. The van der Waals surface area contributed by atoms with E-state index in [1.165, 1.54) is 0 Å². The molecular weight excluding hydrogens is 247 g/mol. The molecule has 18 heavy (non-hydrogen) atoms. The second-order valence-electron chi connectivity index (χ2n) is 3.70. The first-order valence-electron chi connectivity index (χ1n) is 5.50. The van der Waals surface area contributed by atoms with Crippen LogP contribution in [-0.2, 0) is 4.57 Å². The zero-order valence-corrected chi connectivity index (χ0v) is 11.2.